The monoisotopic (exact) mass is 223 g/mol. The van der Waals surface area contributed by atoms with Crippen molar-refractivity contribution in [3.63, 3.8) is 0 Å². The van der Waals surface area contributed by atoms with Crippen molar-refractivity contribution >= 4 is 5.69 Å². The van der Waals surface area contributed by atoms with E-state index in [2.05, 4.69) is 24.2 Å². The van der Waals surface area contributed by atoms with Gasteiger partial charge in [0.25, 0.3) is 0 Å². The molecule has 0 atom stereocenters. The van der Waals surface area contributed by atoms with Crippen LogP contribution < -0.4 is 16.0 Å². The molecular formula is C12H21N3O. The summed E-state index contributed by atoms with van der Waals surface area (Å²) in [5.41, 5.74) is 4.71. The van der Waals surface area contributed by atoms with Crippen LogP contribution in [-0.2, 0) is 6.54 Å². The van der Waals surface area contributed by atoms with Gasteiger partial charge in [0.05, 0.1) is 7.11 Å². The van der Waals surface area contributed by atoms with E-state index >= 15 is 0 Å². The Morgan fingerprint density at radius 1 is 1.31 bits per heavy atom. The predicted octanol–water partition coefficient (Wildman–Crippen LogP) is 1.82. The quantitative estimate of drug-likeness (QED) is 0.570. The maximum Gasteiger partial charge on any atom is 0.123 e. The Kier molecular flexibility index (Phi) is 5.08. The lowest BCUT2D eigenvalue weighted by molar-refractivity contribution is 0.289. The molecule has 90 valence electrons. The van der Waals surface area contributed by atoms with E-state index < -0.39 is 0 Å². The topological polar surface area (TPSA) is 50.5 Å². The fourth-order valence-corrected chi connectivity index (χ4v) is 1.68. The summed E-state index contributed by atoms with van der Waals surface area (Å²) in [7, 11) is 1.69. The van der Waals surface area contributed by atoms with Crippen LogP contribution in [0.3, 0.4) is 0 Å². The van der Waals surface area contributed by atoms with Crippen LogP contribution in [0, 0.1) is 0 Å². The zero-order valence-electron chi connectivity index (χ0n) is 10.3. The number of hydrogen-bond acceptors (Lipinski definition) is 4. The summed E-state index contributed by atoms with van der Waals surface area (Å²) in [4.78, 5) is 2.33. The van der Waals surface area contributed by atoms with Crippen molar-refractivity contribution in [3.05, 3.63) is 23.8 Å². The highest BCUT2D eigenvalue weighted by molar-refractivity contribution is 5.50. The first kappa shape index (κ1) is 12.8. The Balaban J connectivity index is 2.90. The first-order chi connectivity index (χ1) is 7.74. The molecule has 0 heterocycles. The maximum absolute atomic E-state index is 5.40. The largest absolute Gasteiger partial charge is 0.496 e. The van der Waals surface area contributed by atoms with E-state index in [0.29, 0.717) is 0 Å². The minimum Gasteiger partial charge on any atom is -0.496 e. The van der Waals surface area contributed by atoms with Crippen molar-refractivity contribution in [1.29, 1.82) is 0 Å². The molecule has 3 N–H and O–H groups in total. The second kappa shape index (κ2) is 6.35. The summed E-state index contributed by atoms with van der Waals surface area (Å²) in [6.45, 7) is 7.24. The molecule has 0 fully saturated rings. The van der Waals surface area contributed by atoms with Crippen molar-refractivity contribution in [2.75, 3.05) is 25.6 Å². The highest BCUT2D eigenvalue weighted by atomic mass is 16.5. The van der Waals surface area contributed by atoms with Crippen molar-refractivity contribution in [2.45, 2.75) is 20.4 Å². The number of anilines is 1. The number of nitrogens with two attached hydrogens (primary N) is 1. The van der Waals surface area contributed by atoms with Crippen molar-refractivity contribution < 1.29 is 4.74 Å². The second-order valence-electron chi connectivity index (χ2n) is 3.63. The number of benzene rings is 1. The Hall–Kier alpha value is -1.26. The lowest BCUT2D eigenvalue weighted by atomic mass is 10.1. The lowest BCUT2D eigenvalue weighted by Gasteiger charge is -2.20. The normalized spacial score (nSPS) is 10.6. The Bertz CT molecular complexity index is 324. The molecule has 0 spiro atoms. The third-order valence-electron chi connectivity index (χ3n) is 2.74. The average Bonchev–Trinajstić information content (AvgIpc) is 2.35. The summed E-state index contributed by atoms with van der Waals surface area (Å²) < 4.78 is 5.34. The summed E-state index contributed by atoms with van der Waals surface area (Å²) in [5.74, 6) is 6.31. The summed E-state index contributed by atoms with van der Waals surface area (Å²) >= 11 is 0. The van der Waals surface area contributed by atoms with Gasteiger partial charge in [0.1, 0.15) is 5.75 Å². The number of nitrogens with zero attached hydrogens (tertiary/aromatic N) is 1. The summed E-state index contributed by atoms with van der Waals surface area (Å²) in [5, 5.41) is 0. The number of methoxy groups -OCH3 is 1. The first-order valence-corrected chi connectivity index (χ1v) is 5.61. The van der Waals surface area contributed by atoms with Gasteiger partial charge in [-0.15, -0.1) is 0 Å². The van der Waals surface area contributed by atoms with Crippen LogP contribution in [0.1, 0.15) is 19.4 Å². The van der Waals surface area contributed by atoms with Crippen LogP contribution in [0.2, 0.25) is 0 Å². The van der Waals surface area contributed by atoms with Crippen LogP contribution in [-0.4, -0.2) is 25.1 Å². The molecule has 1 aromatic rings. The minimum atomic E-state index is 0.881. The van der Waals surface area contributed by atoms with Crippen LogP contribution in [0.25, 0.3) is 0 Å². The molecule has 0 aromatic heterocycles. The molecular weight excluding hydrogens is 202 g/mol. The van der Waals surface area contributed by atoms with E-state index in [9.17, 15) is 0 Å². The molecule has 0 saturated heterocycles. The molecule has 0 aliphatic heterocycles. The van der Waals surface area contributed by atoms with Gasteiger partial charge in [-0.05, 0) is 31.3 Å². The van der Waals surface area contributed by atoms with Gasteiger partial charge in [-0.25, -0.2) is 0 Å². The van der Waals surface area contributed by atoms with Crippen molar-refractivity contribution in [2.24, 2.45) is 5.84 Å². The fourth-order valence-electron chi connectivity index (χ4n) is 1.68. The number of nitrogens with one attached hydrogen (secondary N) is 1. The molecule has 0 bridgehead atoms. The van der Waals surface area contributed by atoms with E-state index in [1.54, 1.807) is 7.11 Å². The van der Waals surface area contributed by atoms with Gasteiger partial charge in [-0.1, -0.05) is 13.8 Å². The van der Waals surface area contributed by atoms with E-state index in [1.165, 1.54) is 0 Å². The molecule has 0 aliphatic rings. The molecule has 0 unspecified atom stereocenters. The third kappa shape index (κ3) is 3.12. The SMILES string of the molecule is CCN(CC)Cc1cc(NN)ccc1OC. The predicted molar refractivity (Wildman–Crippen MR) is 67.4 cm³/mol. The molecule has 0 saturated carbocycles. The zero-order chi connectivity index (χ0) is 12.0. The van der Waals surface area contributed by atoms with Gasteiger partial charge in [-0.3, -0.25) is 10.7 Å². The number of hydrazine groups is 1. The van der Waals surface area contributed by atoms with Crippen molar-refractivity contribution in [3.8, 4) is 5.75 Å². The van der Waals surface area contributed by atoms with Gasteiger partial charge in [0, 0.05) is 17.8 Å². The summed E-state index contributed by atoms with van der Waals surface area (Å²) in [6, 6.07) is 5.87. The highest BCUT2D eigenvalue weighted by Gasteiger charge is 2.07. The Labute approximate surface area is 97.4 Å². The molecule has 16 heavy (non-hydrogen) atoms. The first-order valence-electron chi connectivity index (χ1n) is 5.61. The van der Waals surface area contributed by atoms with Crippen LogP contribution in [0.4, 0.5) is 5.69 Å². The van der Waals surface area contributed by atoms with Gasteiger partial charge in [-0.2, -0.15) is 0 Å². The minimum absolute atomic E-state index is 0.881. The van der Waals surface area contributed by atoms with E-state index in [4.69, 9.17) is 10.6 Å². The number of ether oxygens (including phenoxy) is 1. The smallest absolute Gasteiger partial charge is 0.123 e. The standard InChI is InChI=1S/C12H21N3O/c1-4-15(5-2)9-10-8-11(14-13)6-7-12(10)16-3/h6-8,14H,4-5,9,13H2,1-3H3. The van der Waals surface area contributed by atoms with E-state index in [-0.39, 0.29) is 0 Å². The van der Waals surface area contributed by atoms with Crippen LogP contribution in [0.15, 0.2) is 18.2 Å². The van der Waals surface area contributed by atoms with Crippen LogP contribution >= 0.6 is 0 Å². The fraction of sp³-hybridized carbons (Fsp3) is 0.500. The summed E-state index contributed by atoms with van der Waals surface area (Å²) in [6.07, 6.45) is 0. The highest BCUT2D eigenvalue weighted by Crippen LogP contribution is 2.23. The molecule has 4 nitrogen and oxygen atoms in total. The van der Waals surface area contributed by atoms with Gasteiger partial charge >= 0.3 is 0 Å². The van der Waals surface area contributed by atoms with Crippen molar-refractivity contribution in [1.82, 2.24) is 4.90 Å². The van der Waals surface area contributed by atoms with E-state index in [1.807, 2.05) is 18.2 Å². The second-order valence-corrected chi connectivity index (χ2v) is 3.63. The molecule has 1 aromatic carbocycles. The third-order valence-corrected chi connectivity index (χ3v) is 2.74. The maximum atomic E-state index is 5.40. The number of hydrogen-bond donors (Lipinski definition) is 2. The average molecular weight is 223 g/mol. The van der Waals surface area contributed by atoms with Gasteiger partial charge in [0.2, 0.25) is 0 Å². The van der Waals surface area contributed by atoms with Gasteiger partial charge in [0.15, 0.2) is 0 Å². The van der Waals surface area contributed by atoms with E-state index in [0.717, 1.165) is 36.6 Å². The molecule has 0 aliphatic carbocycles. The Morgan fingerprint density at radius 2 is 2.00 bits per heavy atom. The molecule has 0 radical (unpaired) electrons. The Morgan fingerprint density at radius 3 is 2.50 bits per heavy atom. The molecule has 0 amide bonds. The molecule has 1 rings (SSSR count). The molecule has 4 heteroatoms. The van der Waals surface area contributed by atoms with Crippen LogP contribution in [0.5, 0.6) is 5.75 Å². The zero-order valence-corrected chi connectivity index (χ0v) is 10.3. The van der Waals surface area contributed by atoms with Gasteiger partial charge < -0.3 is 10.2 Å². The lowest BCUT2D eigenvalue weighted by Crippen LogP contribution is -2.22. The number of rotatable bonds is 6. The number of nitrogen functional groups attached to an aromatic ring is 1.